The Balaban J connectivity index is 1.43. The fraction of sp³-hybridized carbons (Fsp3) is 0.258. The zero-order valence-electron chi connectivity index (χ0n) is 24.8. The van der Waals surface area contributed by atoms with Crippen molar-refractivity contribution in [2.24, 2.45) is 5.10 Å². The van der Waals surface area contributed by atoms with E-state index < -0.39 is 24.3 Å². The van der Waals surface area contributed by atoms with Crippen molar-refractivity contribution < 1.29 is 33.6 Å². The van der Waals surface area contributed by atoms with E-state index >= 15 is 0 Å². The number of benzene rings is 3. The summed E-state index contributed by atoms with van der Waals surface area (Å²) in [6.45, 7) is 3.81. The quantitative estimate of drug-likeness (QED) is 0.0516. The summed E-state index contributed by atoms with van der Waals surface area (Å²) in [4.78, 5) is 24.7. The number of carbonyl (C=O) groups is 2. The second kappa shape index (κ2) is 16.7. The molecule has 1 aliphatic heterocycles. The molecular weight excluding hydrogens is 865 g/mol. The maximum atomic E-state index is 12.5. The molecule has 0 fully saturated rings. The first-order valence-corrected chi connectivity index (χ1v) is 16.7. The zero-order valence-corrected chi connectivity index (χ0v) is 30.7. The van der Waals surface area contributed by atoms with Gasteiger partial charge >= 0.3 is 12.0 Å². The van der Waals surface area contributed by atoms with Gasteiger partial charge in [0, 0.05) is 30.4 Å². The van der Waals surface area contributed by atoms with E-state index in [-0.39, 0.29) is 18.8 Å². The van der Waals surface area contributed by atoms with Crippen LogP contribution in [0.2, 0.25) is 10.0 Å². The number of urea groups is 1. The molecule has 4 N–H and O–H groups in total. The summed E-state index contributed by atoms with van der Waals surface area (Å²) in [5.41, 5.74) is 5.36. The van der Waals surface area contributed by atoms with Crippen molar-refractivity contribution >= 4 is 86.6 Å². The van der Waals surface area contributed by atoms with Crippen LogP contribution in [-0.2, 0) is 16.1 Å². The molecule has 0 saturated heterocycles. The number of nitrogens with zero attached hydrogens (tertiary/aromatic N) is 1. The second-order valence-electron chi connectivity index (χ2n) is 9.75. The monoisotopic (exact) mass is 894 g/mol. The molecule has 46 heavy (non-hydrogen) atoms. The first kappa shape index (κ1) is 35.9. The fourth-order valence-corrected chi connectivity index (χ4v) is 6.94. The smallest absolute Gasteiger partial charge is 0.337 e. The van der Waals surface area contributed by atoms with Gasteiger partial charge in [-0.25, -0.2) is 9.59 Å². The number of methoxy groups -OCH3 is 1. The average Bonchev–Trinajstić information content (AvgIpc) is 3.00. The number of halogens is 4. The minimum absolute atomic E-state index is 0.171. The van der Waals surface area contributed by atoms with Gasteiger partial charge in [0.2, 0.25) is 0 Å². The molecule has 1 heterocycles. The Kier molecular flexibility index (Phi) is 13.0. The number of allylic oxidation sites excluding steroid dienone is 1. The highest BCUT2D eigenvalue weighted by Crippen LogP contribution is 2.35. The van der Waals surface area contributed by atoms with Gasteiger partial charge in [-0.3, -0.25) is 5.43 Å². The van der Waals surface area contributed by atoms with E-state index in [1.807, 2.05) is 25.1 Å². The number of hydrazone groups is 1. The molecule has 2 atom stereocenters. The Morgan fingerprint density at radius 2 is 1.89 bits per heavy atom. The van der Waals surface area contributed by atoms with E-state index in [9.17, 15) is 14.7 Å². The SMILES string of the molecule is CCOc1cc([C@H]2NC(=O)NC(C)=C2C(=O)OC)ccc1OC[C@@H](O)N/N=C/c1cc(I)cc(I)c1OCc1ccc(Cl)cc1Cl. The van der Waals surface area contributed by atoms with E-state index in [0.29, 0.717) is 50.7 Å². The molecule has 0 aromatic heterocycles. The van der Waals surface area contributed by atoms with Gasteiger partial charge in [0.05, 0.1) is 35.1 Å². The third-order valence-corrected chi connectivity index (χ3v) is 8.53. The molecular formula is C31H30Cl2I2N4O7. The molecule has 0 aliphatic carbocycles. The summed E-state index contributed by atoms with van der Waals surface area (Å²) in [6, 6.07) is 12.9. The number of hydrogen-bond acceptors (Lipinski definition) is 9. The number of nitrogens with one attached hydrogen (secondary N) is 3. The van der Waals surface area contributed by atoms with Gasteiger partial charge in [-0.2, -0.15) is 5.10 Å². The third-order valence-electron chi connectivity index (χ3n) is 6.52. The van der Waals surface area contributed by atoms with Gasteiger partial charge in [0.15, 0.2) is 17.7 Å². The average molecular weight is 895 g/mol. The number of ether oxygens (including phenoxy) is 4. The molecule has 1 aliphatic rings. The van der Waals surface area contributed by atoms with E-state index in [0.717, 1.165) is 12.7 Å². The van der Waals surface area contributed by atoms with Crippen LogP contribution in [0.4, 0.5) is 4.79 Å². The summed E-state index contributed by atoms with van der Waals surface area (Å²) in [5, 5.41) is 21.2. The molecule has 15 heteroatoms. The molecule has 0 unspecified atom stereocenters. The van der Waals surface area contributed by atoms with Crippen molar-refractivity contribution in [1.82, 2.24) is 16.1 Å². The standard InChI is InChI=1S/C31H30Cl2I2N4O7/c1-4-44-25-10-17(28-27(30(41)43-3)16(2)37-31(42)38-28)6-8-24(25)45-15-26(40)39-36-13-19-9-21(34)12-23(35)29(19)46-14-18-5-7-20(32)11-22(18)33/h5-13,26,28,39-40H,4,14-15H2,1-3H3,(H2,37,38,42)/b36-13+/t26-,28-/m1/s1. The maximum absolute atomic E-state index is 12.5. The Morgan fingerprint density at radius 3 is 2.61 bits per heavy atom. The van der Waals surface area contributed by atoms with Crippen molar-refractivity contribution in [3.05, 3.63) is 93.7 Å². The Labute approximate surface area is 303 Å². The maximum Gasteiger partial charge on any atom is 0.337 e. The Bertz CT molecular complexity index is 1670. The number of esters is 1. The van der Waals surface area contributed by atoms with Gasteiger partial charge in [-0.05, 0) is 101 Å². The largest absolute Gasteiger partial charge is 0.490 e. The molecule has 3 aromatic rings. The minimum atomic E-state index is -1.18. The lowest BCUT2D eigenvalue weighted by molar-refractivity contribution is -0.136. The van der Waals surface area contributed by atoms with Crippen molar-refractivity contribution in [2.45, 2.75) is 32.7 Å². The predicted molar refractivity (Wildman–Crippen MR) is 192 cm³/mol. The number of amides is 2. The van der Waals surface area contributed by atoms with Crippen molar-refractivity contribution in [2.75, 3.05) is 20.3 Å². The molecule has 0 saturated carbocycles. The zero-order chi connectivity index (χ0) is 33.4. The number of hydrogen-bond donors (Lipinski definition) is 4. The van der Waals surface area contributed by atoms with E-state index in [1.54, 1.807) is 43.5 Å². The number of carbonyl (C=O) groups excluding carboxylic acids is 2. The Morgan fingerprint density at radius 1 is 1.11 bits per heavy atom. The van der Waals surface area contributed by atoms with E-state index in [1.165, 1.54) is 7.11 Å². The van der Waals surface area contributed by atoms with Crippen LogP contribution in [0.1, 0.15) is 36.6 Å². The number of aliphatic hydroxyl groups is 1. The van der Waals surface area contributed by atoms with Crippen molar-refractivity contribution in [3.8, 4) is 17.2 Å². The Hall–Kier alpha value is -2.99. The number of rotatable bonds is 13. The van der Waals surface area contributed by atoms with Crippen LogP contribution >= 0.6 is 68.4 Å². The van der Waals surface area contributed by atoms with Gasteiger partial charge in [-0.15, -0.1) is 0 Å². The van der Waals surface area contributed by atoms with Gasteiger partial charge in [-0.1, -0.05) is 35.3 Å². The third kappa shape index (κ3) is 9.30. The van der Waals surface area contributed by atoms with Crippen molar-refractivity contribution in [1.29, 1.82) is 0 Å². The molecule has 0 bridgehead atoms. The summed E-state index contributed by atoms with van der Waals surface area (Å²) in [7, 11) is 1.27. The second-order valence-corrected chi connectivity index (χ2v) is 13.0. The lowest BCUT2D eigenvalue weighted by Gasteiger charge is -2.28. The highest BCUT2D eigenvalue weighted by molar-refractivity contribution is 14.1. The van der Waals surface area contributed by atoms with Crippen LogP contribution in [0.5, 0.6) is 17.2 Å². The topological polar surface area (TPSA) is 140 Å². The number of aliphatic hydroxyl groups excluding tert-OH is 1. The molecule has 2 amide bonds. The van der Waals surface area contributed by atoms with Crippen LogP contribution in [0.3, 0.4) is 0 Å². The van der Waals surface area contributed by atoms with Crippen LogP contribution in [-0.4, -0.2) is 49.9 Å². The van der Waals surface area contributed by atoms with Crippen LogP contribution in [0.15, 0.2) is 64.9 Å². The van der Waals surface area contributed by atoms with Crippen LogP contribution in [0.25, 0.3) is 0 Å². The van der Waals surface area contributed by atoms with Gasteiger partial charge in [0.1, 0.15) is 19.0 Å². The molecule has 244 valence electrons. The molecule has 0 radical (unpaired) electrons. The molecule has 4 rings (SSSR count). The lowest BCUT2D eigenvalue weighted by Crippen LogP contribution is -2.45. The van der Waals surface area contributed by atoms with Gasteiger partial charge < -0.3 is 34.7 Å². The summed E-state index contributed by atoms with van der Waals surface area (Å²) in [6.07, 6.45) is 0.374. The van der Waals surface area contributed by atoms with Crippen LogP contribution < -0.4 is 30.3 Å². The normalized spacial score (nSPS) is 15.2. The van der Waals surface area contributed by atoms with E-state index in [2.05, 4.69) is 66.3 Å². The summed E-state index contributed by atoms with van der Waals surface area (Å²) < 4.78 is 24.5. The summed E-state index contributed by atoms with van der Waals surface area (Å²) in [5.74, 6) is 0.740. The fourth-order valence-electron chi connectivity index (χ4n) is 4.43. The van der Waals surface area contributed by atoms with Crippen LogP contribution in [0, 0.1) is 7.14 Å². The molecule has 3 aromatic carbocycles. The first-order valence-electron chi connectivity index (χ1n) is 13.8. The predicted octanol–water partition coefficient (Wildman–Crippen LogP) is 6.30. The summed E-state index contributed by atoms with van der Waals surface area (Å²) >= 11 is 16.7. The molecule has 0 spiro atoms. The lowest BCUT2D eigenvalue weighted by atomic mass is 9.95. The highest BCUT2D eigenvalue weighted by atomic mass is 127. The minimum Gasteiger partial charge on any atom is -0.490 e. The molecule has 11 nitrogen and oxygen atoms in total. The van der Waals surface area contributed by atoms with Crippen molar-refractivity contribution in [3.63, 3.8) is 0 Å². The highest BCUT2D eigenvalue weighted by Gasteiger charge is 2.32. The first-order chi connectivity index (χ1) is 22.0. The van der Waals surface area contributed by atoms with E-state index in [4.69, 9.17) is 42.1 Å². The van der Waals surface area contributed by atoms with Gasteiger partial charge in [0.25, 0.3) is 0 Å².